The van der Waals surface area contributed by atoms with Crippen LogP contribution < -0.4 is 5.32 Å². The minimum Gasteiger partial charge on any atom is -0.352 e. The van der Waals surface area contributed by atoms with Crippen molar-refractivity contribution < 1.29 is 13.2 Å². The number of amides is 1. The molecule has 0 saturated carbocycles. The van der Waals surface area contributed by atoms with Crippen molar-refractivity contribution in [2.45, 2.75) is 6.92 Å². The number of halogens is 1. The van der Waals surface area contributed by atoms with Gasteiger partial charge in [0.05, 0.1) is 5.75 Å². The highest BCUT2D eigenvalue weighted by atomic mass is 79.9. The van der Waals surface area contributed by atoms with Crippen LogP contribution in [0.1, 0.15) is 12.5 Å². The molecule has 0 unspecified atom stereocenters. The van der Waals surface area contributed by atoms with Crippen molar-refractivity contribution in [1.29, 1.82) is 0 Å². The molecule has 1 N–H and O–H groups in total. The van der Waals surface area contributed by atoms with Crippen LogP contribution >= 0.6 is 15.9 Å². The first-order valence-electron chi connectivity index (χ1n) is 5.85. The standard InChI is InChI=1S/C13H16BrNO3S/c1-2-19(17,18)10-9-15-13(16)8-7-11-5-3-4-6-12(11)14/h3-8H,2,9-10H2,1H3,(H,15,16)/b8-7+. The van der Waals surface area contributed by atoms with Crippen LogP contribution in [0.2, 0.25) is 0 Å². The quantitative estimate of drug-likeness (QED) is 0.802. The van der Waals surface area contributed by atoms with Gasteiger partial charge in [0.2, 0.25) is 5.91 Å². The van der Waals surface area contributed by atoms with E-state index in [1.54, 1.807) is 13.0 Å². The average Bonchev–Trinajstić information content (AvgIpc) is 2.37. The van der Waals surface area contributed by atoms with Crippen LogP contribution in [0.5, 0.6) is 0 Å². The highest BCUT2D eigenvalue weighted by Gasteiger charge is 2.07. The van der Waals surface area contributed by atoms with Crippen LogP contribution in [0.25, 0.3) is 6.08 Å². The van der Waals surface area contributed by atoms with Gasteiger partial charge in [-0.05, 0) is 17.7 Å². The van der Waals surface area contributed by atoms with E-state index >= 15 is 0 Å². The maximum atomic E-state index is 11.5. The summed E-state index contributed by atoms with van der Waals surface area (Å²) in [7, 11) is -3.04. The lowest BCUT2D eigenvalue weighted by Crippen LogP contribution is -2.28. The normalized spacial score (nSPS) is 11.7. The molecule has 1 aromatic carbocycles. The van der Waals surface area contributed by atoms with Gasteiger partial charge >= 0.3 is 0 Å². The highest BCUT2D eigenvalue weighted by molar-refractivity contribution is 9.10. The summed E-state index contributed by atoms with van der Waals surface area (Å²) >= 11 is 3.37. The third-order valence-corrected chi connectivity index (χ3v) is 4.90. The zero-order valence-corrected chi connectivity index (χ0v) is 13.0. The van der Waals surface area contributed by atoms with Gasteiger partial charge in [0.1, 0.15) is 0 Å². The van der Waals surface area contributed by atoms with Gasteiger partial charge < -0.3 is 5.32 Å². The molecule has 104 valence electrons. The van der Waals surface area contributed by atoms with E-state index < -0.39 is 9.84 Å². The predicted molar refractivity (Wildman–Crippen MR) is 80.5 cm³/mol. The number of hydrogen-bond acceptors (Lipinski definition) is 3. The van der Waals surface area contributed by atoms with Crippen LogP contribution in [-0.4, -0.2) is 32.4 Å². The van der Waals surface area contributed by atoms with Crippen molar-refractivity contribution in [1.82, 2.24) is 5.32 Å². The molecule has 0 fully saturated rings. The lowest BCUT2D eigenvalue weighted by Gasteiger charge is -2.02. The third kappa shape index (κ3) is 6.02. The fourth-order valence-corrected chi connectivity index (χ4v) is 2.43. The summed E-state index contributed by atoms with van der Waals surface area (Å²) in [6, 6.07) is 7.51. The Bertz CT molecular complexity index is 567. The molecule has 0 atom stereocenters. The van der Waals surface area contributed by atoms with Crippen molar-refractivity contribution in [2.24, 2.45) is 0 Å². The van der Waals surface area contributed by atoms with E-state index in [1.807, 2.05) is 24.3 Å². The van der Waals surface area contributed by atoms with Crippen molar-refractivity contribution in [3.63, 3.8) is 0 Å². The Morgan fingerprint density at radius 1 is 1.37 bits per heavy atom. The van der Waals surface area contributed by atoms with E-state index in [-0.39, 0.29) is 24.0 Å². The Hall–Kier alpha value is -1.14. The minimum absolute atomic E-state index is 0.0297. The number of nitrogens with one attached hydrogen (secondary N) is 1. The molecule has 0 bridgehead atoms. The number of carbonyl (C=O) groups excluding carboxylic acids is 1. The van der Waals surface area contributed by atoms with Crippen molar-refractivity contribution >= 4 is 37.8 Å². The zero-order valence-electron chi connectivity index (χ0n) is 10.6. The van der Waals surface area contributed by atoms with Gasteiger partial charge in [0, 0.05) is 22.8 Å². The molecule has 0 aliphatic carbocycles. The second-order valence-corrected chi connectivity index (χ2v) is 7.21. The van der Waals surface area contributed by atoms with E-state index in [2.05, 4.69) is 21.2 Å². The summed E-state index contributed by atoms with van der Waals surface area (Å²) in [5, 5.41) is 2.54. The van der Waals surface area contributed by atoms with E-state index in [4.69, 9.17) is 0 Å². The lowest BCUT2D eigenvalue weighted by molar-refractivity contribution is -0.116. The van der Waals surface area contributed by atoms with Crippen LogP contribution in [-0.2, 0) is 14.6 Å². The maximum Gasteiger partial charge on any atom is 0.244 e. The molecule has 0 radical (unpaired) electrons. The molecule has 0 heterocycles. The smallest absolute Gasteiger partial charge is 0.244 e. The second kappa shape index (κ2) is 7.45. The minimum atomic E-state index is -3.04. The van der Waals surface area contributed by atoms with Gasteiger partial charge in [-0.2, -0.15) is 0 Å². The predicted octanol–water partition coefficient (Wildman–Crippen LogP) is 2.01. The summed E-state index contributed by atoms with van der Waals surface area (Å²) in [4.78, 5) is 11.5. The molecule has 19 heavy (non-hydrogen) atoms. The van der Waals surface area contributed by atoms with E-state index in [1.165, 1.54) is 6.08 Å². The maximum absolute atomic E-state index is 11.5. The number of rotatable bonds is 6. The average molecular weight is 346 g/mol. The molecular weight excluding hydrogens is 330 g/mol. The lowest BCUT2D eigenvalue weighted by atomic mass is 10.2. The summed E-state index contributed by atoms with van der Waals surface area (Å²) in [5.41, 5.74) is 0.888. The summed E-state index contributed by atoms with van der Waals surface area (Å²) in [6.45, 7) is 1.72. The molecule has 1 aromatic rings. The number of carbonyl (C=O) groups is 1. The summed E-state index contributed by atoms with van der Waals surface area (Å²) in [5.74, 6) is -0.240. The van der Waals surface area contributed by atoms with Crippen molar-refractivity contribution in [3.8, 4) is 0 Å². The molecular formula is C13H16BrNO3S. The molecule has 0 spiro atoms. The van der Waals surface area contributed by atoms with Crippen molar-refractivity contribution in [3.05, 3.63) is 40.4 Å². The van der Waals surface area contributed by atoms with E-state index in [9.17, 15) is 13.2 Å². The van der Waals surface area contributed by atoms with E-state index in [0.29, 0.717) is 0 Å². The fraction of sp³-hybridized carbons (Fsp3) is 0.308. The molecule has 0 aliphatic rings. The molecule has 4 nitrogen and oxygen atoms in total. The van der Waals surface area contributed by atoms with Gasteiger partial charge in [-0.15, -0.1) is 0 Å². The first-order chi connectivity index (χ1) is 8.94. The van der Waals surface area contributed by atoms with Crippen molar-refractivity contribution in [2.75, 3.05) is 18.1 Å². The zero-order chi connectivity index (χ0) is 14.3. The van der Waals surface area contributed by atoms with Crippen LogP contribution in [0.3, 0.4) is 0 Å². The third-order valence-electron chi connectivity index (χ3n) is 2.47. The first kappa shape index (κ1) is 15.9. The first-order valence-corrected chi connectivity index (χ1v) is 8.47. The van der Waals surface area contributed by atoms with Crippen LogP contribution in [0.15, 0.2) is 34.8 Å². The monoisotopic (exact) mass is 345 g/mol. The Morgan fingerprint density at radius 2 is 2.05 bits per heavy atom. The Kier molecular flexibility index (Phi) is 6.24. The largest absolute Gasteiger partial charge is 0.352 e. The SMILES string of the molecule is CCS(=O)(=O)CCNC(=O)/C=C/c1ccccc1Br. The van der Waals surface area contributed by atoms with Gasteiger partial charge in [0.15, 0.2) is 9.84 Å². The summed E-state index contributed by atoms with van der Waals surface area (Å²) in [6.07, 6.45) is 3.06. The van der Waals surface area contributed by atoms with Crippen LogP contribution in [0.4, 0.5) is 0 Å². The van der Waals surface area contributed by atoms with Crippen LogP contribution in [0, 0.1) is 0 Å². The van der Waals surface area contributed by atoms with Gasteiger partial charge in [0.25, 0.3) is 0 Å². The van der Waals surface area contributed by atoms with E-state index in [0.717, 1.165) is 10.0 Å². The Morgan fingerprint density at radius 3 is 2.68 bits per heavy atom. The Labute approximate surface area is 122 Å². The molecule has 0 aromatic heterocycles. The molecule has 6 heteroatoms. The van der Waals surface area contributed by atoms with Gasteiger partial charge in [-0.1, -0.05) is 41.1 Å². The molecule has 1 amide bonds. The second-order valence-electron chi connectivity index (χ2n) is 3.88. The topological polar surface area (TPSA) is 63.2 Å². The van der Waals surface area contributed by atoms with Gasteiger partial charge in [-0.25, -0.2) is 8.42 Å². The molecule has 1 rings (SSSR count). The van der Waals surface area contributed by atoms with Gasteiger partial charge in [-0.3, -0.25) is 4.79 Å². The fourth-order valence-electron chi connectivity index (χ4n) is 1.31. The summed E-state index contributed by atoms with van der Waals surface area (Å²) < 4.78 is 23.4. The highest BCUT2D eigenvalue weighted by Crippen LogP contribution is 2.16. The molecule has 0 aliphatic heterocycles. The number of benzene rings is 1. The Balaban J connectivity index is 2.46. The molecule has 0 saturated heterocycles. The number of sulfone groups is 1. The number of hydrogen-bond donors (Lipinski definition) is 1.